The topological polar surface area (TPSA) is 46.5 Å². The van der Waals surface area contributed by atoms with Gasteiger partial charge in [0, 0.05) is 37.6 Å². The number of carbonyl (C=O) groups is 1. The first-order valence-electron chi connectivity index (χ1n) is 9.04. The largest absolute Gasteiger partial charge is 0.383 e. The van der Waals surface area contributed by atoms with Gasteiger partial charge in [-0.05, 0) is 45.4 Å². The third kappa shape index (κ3) is 6.23. The van der Waals surface area contributed by atoms with Crippen LogP contribution in [0.25, 0.3) is 0 Å². The van der Waals surface area contributed by atoms with E-state index in [1.807, 2.05) is 26.8 Å². The molecule has 2 aromatic rings. The minimum atomic E-state index is -0.272. The Morgan fingerprint density at radius 2 is 1.88 bits per heavy atom. The Bertz CT molecular complexity index is 699. The molecule has 26 heavy (non-hydrogen) atoms. The van der Waals surface area contributed by atoms with E-state index < -0.39 is 0 Å². The molecule has 1 N–H and O–H groups in total. The summed E-state index contributed by atoms with van der Waals surface area (Å²) in [5.41, 5.74) is 3.33. The average Bonchev–Trinajstić information content (AvgIpc) is 2.98. The number of ether oxygens (including phenoxy) is 1. The Hall–Kier alpha value is -2.27. The quantitative estimate of drug-likeness (QED) is 0.819. The van der Waals surface area contributed by atoms with E-state index in [4.69, 9.17) is 4.74 Å². The molecule has 1 heterocycles. The summed E-state index contributed by atoms with van der Waals surface area (Å²) in [5, 5.41) is 3.04. The van der Waals surface area contributed by atoms with Crippen LogP contribution in [0.1, 0.15) is 37.6 Å². The van der Waals surface area contributed by atoms with Crippen molar-refractivity contribution in [3.63, 3.8) is 0 Å². The molecular formula is C21H31N3O2. The van der Waals surface area contributed by atoms with Crippen LogP contribution in [-0.4, -0.2) is 41.3 Å². The maximum Gasteiger partial charge on any atom is 0.318 e. The zero-order valence-electron chi connectivity index (χ0n) is 16.6. The molecule has 0 radical (unpaired) electrons. The van der Waals surface area contributed by atoms with Gasteiger partial charge in [-0.2, -0.15) is 0 Å². The van der Waals surface area contributed by atoms with Gasteiger partial charge in [0.25, 0.3) is 0 Å². The highest BCUT2D eigenvalue weighted by Gasteiger charge is 2.20. The molecule has 0 saturated heterocycles. The summed E-state index contributed by atoms with van der Waals surface area (Å²) >= 11 is 0. The molecular weight excluding hydrogens is 326 g/mol. The van der Waals surface area contributed by atoms with Crippen molar-refractivity contribution in [3.8, 4) is 0 Å². The van der Waals surface area contributed by atoms with E-state index in [0.29, 0.717) is 19.7 Å². The zero-order valence-corrected chi connectivity index (χ0v) is 16.6. The number of nitrogens with one attached hydrogen (secondary N) is 1. The Kier molecular flexibility index (Phi) is 6.86. The van der Waals surface area contributed by atoms with Crippen molar-refractivity contribution < 1.29 is 9.53 Å². The Labute approximate surface area is 157 Å². The number of methoxy groups -OCH3 is 1. The molecule has 0 saturated carbocycles. The van der Waals surface area contributed by atoms with Gasteiger partial charge in [-0.25, -0.2) is 4.79 Å². The molecule has 0 bridgehead atoms. The molecule has 2 amide bonds. The van der Waals surface area contributed by atoms with Crippen molar-refractivity contribution in [3.05, 3.63) is 59.4 Å². The van der Waals surface area contributed by atoms with Crippen LogP contribution in [-0.2, 0) is 17.8 Å². The van der Waals surface area contributed by atoms with Crippen LogP contribution in [0, 0.1) is 6.92 Å². The summed E-state index contributed by atoms with van der Waals surface area (Å²) in [5.74, 6) is 0. The third-order valence-electron chi connectivity index (χ3n) is 4.08. The summed E-state index contributed by atoms with van der Waals surface area (Å²) < 4.78 is 7.37. The van der Waals surface area contributed by atoms with Crippen molar-refractivity contribution in [1.82, 2.24) is 14.8 Å². The molecule has 0 aliphatic carbocycles. The highest BCUT2D eigenvalue weighted by molar-refractivity contribution is 5.74. The van der Waals surface area contributed by atoms with Crippen LogP contribution in [0.2, 0.25) is 0 Å². The Balaban J connectivity index is 2.11. The van der Waals surface area contributed by atoms with Gasteiger partial charge in [0.2, 0.25) is 0 Å². The minimum absolute atomic E-state index is 0.0716. The monoisotopic (exact) mass is 357 g/mol. The second kappa shape index (κ2) is 8.90. The lowest BCUT2D eigenvalue weighted by atomic mass is 10.1. The number of carbonyl (C=O) groups excluding carboxylic acids is 1. The number of rotatable bonds is 7. The fraction of sp³-hybridized carbons (Fsp3) is 0.476. The highest BCUT2D eigenvalue weighted by atomic mass is 16.5. The Morgan fingerprint density at radius 1 is 1.19 bits per heavy atom. The lowest BCUT2D eigenvalue weighted by molar-refractivity contribution is 0.141. The van der Waals surface area contributed by atoms with Gasteiger partial charge >= 0.3 is 6.03 Å². The fourth-order valence-electron chi connectivity index (χ4n) is 2.69. The number of aromatic nitrogens is 1. The van der Waals surface area contributed by atoms with Gasteiger partial charge in [-0.1, -0.05) is 29.8 Å². The Morgan fingerprint density at radius 3 is 2.50 bits per heavy atom. The molecule has 5 nitrogen and oxygen atoms in total. The summed E-state index contributed by atoms with van der Waals surface area (Å²) in [7, 11) is 1.65. The number of aryl methyl sites for hydroxylation is 1. The van der Waals surface area contributed by atoms with E-state index in [1.165, 1.54) is 11.1 Å². The number of amides is 2. The summed E-state index contributed by atoms with van der Waals surface area (Å²) in [6.07, 6.45) is 2.06. The van der Waals surface area contributed by atoms with Crippen LogP contribution >= 0.6 is 0 Å². The number of benzene rings is 1. The van der Waals surface area contributed by atoms with Crippen LogP contribution in [0.4, 0.5) is 4.79 Å². The van der Waals surface area contributed by atoms with Gasteiger partial charge in [0.1, 0.15) is 0 Å². The van der Waals surface area contributed by atoms with E-state index in [9.17, 15) is 4.79 Å². The lowest BCUT2D eigenvalue weighted by Crippen LogP contribution is -2.49. The normalized spacial score (nSPS) is 11.4. The predicted octanol–water partition coefficient (Wildman–Crippen LogP) is 3.80. The van der Waals surface area contributed by atoms with Crippen molar-refractivity contribution in [1.29, 1.82) is 0 Å². The zero-order chi connectivity index (χ0) is 19.2. The molecule has 0 atom stereocenters. The van der Waals surface area contributed by atoms with Gasteiger partial charge in [-0.3, -0.25) is 0 Å². The van der Waals surface area contributed by atoms with Crippen molar-refractivity contribution in [2.75, 3.05) is 20.3 Å². The molecule has 0 aliphatic heterocycles. The van der Waals surface area contributed by atoms with Gasteiger partial charge in [-0.15, -0.1) is 0 Å². The molecule has 0 fully saturated rings. The molecule has 142 valence electrons. The smallest absolute Gasteiger partial charge is 0.318 e. The summed E-state index contributed by atoms with van der Waals surface area (Å²) in [4.78, 5) is 14.4. The first kappa shape index (κ1) is 20.0. The number of nitrogens with zero attached hydrogens (tertiary/aromatic N) is 2. The lowest BCUT2D eigenvalue weighted by Gasteiger charge is -2.28. The average molecular weight is 357 g/mol. The van der Waals surface area contributed by atoms with Gasteiger partial charge < -0.3 is 19.5 Å². The number of hydrogen-bond acceptors (Lipinski definition) is 2. The molecule has 1 aromatic carbocycles. The van der Waals surface area contributed by atoms with Crippen molar-refractivity contribution >= 4 is 6.03 Å². The SMILES string of the molecule is COCCN(Cc1cccn1Cc1ccc(C)cc1)C(=O)NC(C)(C)C. The minimum Gasteiger partial charge on any atom is -0.383 e. The number of urea groups is 1. The van der Waals surface area contributed by atoms with Crippen LogP contribution in [0.3, 0.4) is 0 Å². The highest BCUT2D eigenvalue weighted by Crippen LogP contribution is 2.12. The van der Waals surface area contributed by atoms with E-state index in [0.717, 1.165) is 12.2 Å². The van der Waals surface area contributed by atoms with E-state index >= 15 is 0 Å². The second-order valence-corrected chi connectivity index (χ2v) is 7.71. The van der Waals surface area contributed by atoms with Crippen LogP contribution in [0.15, 0.2) is 42.6 Å². The van der Waals surface area contributed by atoms with E-state index in [2.05, 4.69) is 53.3 Å². The molecule has 1 aromatic heterocycles. The van der Waals surface area contributed by atoms with Crippen LogP contribution < -0.4 is 5.32 Å². The molecule has 2 rings (SSSR count). The third-order valence-corrected chi connectivity index (χ3v) is 4.08. The molecule has 5 heteroatoms. The van der Waals surface area contributed by atoms with Crippen LogP contribution in [0.5, 0.6) is 0 Å². The standard InChI is InChI=1S/C21H31N3O2/c1-17-8-10-18(11-9-17)15-23-12-6-7-19(23)16-24(13-14-26-5)20(25)22-21(2,3)4/h6-12H,13-16H2,1-5H3,(H,22,25). The predicted molar refractivity (Wildman–Crippen MR) is 105 cm³/mol. The second-order valence-electron chi connectivity index (χ2n) is 7.71. The first-order valence-corrected chi connectivity index (χ1v) is 9.04. The molecule has 0 unspecified atom stereocenters. The fourth-order valence-corrected chi connectivity index (χ4v) is 2.69. The van der Waals surface area contributed by atoms with Gasteiger partial charge in [0.05, 0.1) is 13.2 Å². The van der Waals surface area contributed by atoms with E-state index in [1.54, 1.807) is 12.0 Å². The van der Waals surface area contributed by atoms with Gasteiger partial charge in [0.15, 0.2) is 0 Å². The maximum absolute atomic E-state index is 12.6. The van der Waals surface area contributed by atoms with Crippen molar-refractivity contribution in [2.24, 2.45) is 0 Å². The number of hydrogen-bond donors (Lipinski definition) is 1. The molecule has 0 spiro atoms. The first-order chi connectivity index (χ1) is 12.3. The summed E-state index contributed by atoms with van der Waals surface area (Å²) in [6.45, 7) is 10.4. The van der Waals surface area contributed by atoms with E-state index in [-0.39, 0.29) is 11.6 Å². The summed E-state index contributed by atoms with van der Waals surface area (Å²) in [6, 6.07) is 12.6. The molecule has 0 aliphatic rings. The van der Waals surface area contributed by atoms with Crippen molar-refractivity contribution in [2.45, 2.75) is 46.3 Å². The maximum atomic E-state index is 12.6.